The maximum atomic E-state index is 12.2. The molecule has 0 amide bonds. The summed E-state index contributed by atoms with van der Waals surface area (Å²) in [6, 6.07) is 4.41. The Morgan fingerprint density at radius 1 is 1.47 bits per heavy atom. The summed E-state index contributed by atoms with van der Waals surface area (Å²) in [5, 5.41) is 9.01. The molecule has 0 atom stereocenters. The Hall–Kier alpha value is -1.40. The van der Waals surface area contributed by atoms with Crippen LogP contribution in [0.3, 0.4) is 0 Å². The normalized spacial score (nSPS) is 11.1. The van der Waals surface area contributed by atoms with Gasteiger partial charge in [-0.25, -0.2) is 4.79 Å². The number of hydrogen-bond acceptors (Lipinski definition) is 3. The molecule has 1 aromatic carbocycles. The molecule has 0 aliphatic rings. The van der Waals surface area contributed by atoms with E-state index >= 15 is 0 Å². The first-order chi connectivity index (χ1) is 8.00. The molecule has 17 heavy (non-hydrogen) atoms. The zero-order chi connectivity index (χ0) is 12.6. The summed E-state index contributed by atoms with van der Waals surface area (Å²) in [7, 11) is 0. The minimum Gasteiger partial charge on any atom is -0.477 e. The topological polar surface area (TPSA) is 46.5 Å². The van der Waals surface area contributed by atoms with Gasteiger partial charge in [-0.1, -0.05) is 17.7 Å². The van der Waals surface area contributed by atoms with Gasteiger partial charge in [-0.2, -0.15) is 8.78 Å². The zero-order valence-corrected chi connectivity index (χ0v) is 9.69. The molecule has 90 valence electrons. The molecule has 2 aromatic rings. The summed E-state index contributed by atoms with van der Waals surface area (Å²) >= 11 is 6.76. The van der Waals surface area contributed by atoms with E-state index in [1.807, 2.05) is 0 Å². The van der Waals surface area contributed by atoms with Crippen molar-refractivity contribution in [3.63, 3.8) is 0 Å². The fourth-order valence-corrected chi connectivity index (χ4v) is 2.81. The highest BCUT2D eigenvalue weighted by Crippen LogP contribution is 2.41. The Labute approximate surface area is 103 Å². The van der Waals surface area contributed by atoms with E-state index in [1.165, 1.54) is 12.1 Å². The molecule has 1 N–H and O–H groups in total. The van der Waals surface area contributed by atoms with Crippen molar-refractivity contribution in [3.8, 4) is 5.75 Å². The number of alkyl halides is 2. The predicted molar refractivity (Wildman–Crippen MR) is 60.4 cm³/mol. The summed E-state index contributed by atoms with van der Waals surface area (Å²) in [6.07, 6.45) is 0. The average molecular weight is 279 g/mol. The van der Waals surface area contributed by atoms with Gasteiger partial charge in [0.1, 0.15) is 10.6 Å². The number of carboxylic acids is 1. The average Bonchev–Trinajstić information content (AvgIpc) is 2.56. The number of benzene rings is 1. The molecular weight excluding hydrogens is 274 g/mol. The standard InChI is InChI=1S/C10H5ClF2O3S/c11-7-6-4(16-10(12)13)2-1-3-5(6)17-8(7)9(14)15/h1-3,10H,(H,14,15). The number of rotatable bonds is 3. The number of carboxylic acid groups (broad SMARTS) is 1. The Balaban J connectivity index is 2.66. The largest absolute Gasteiger partial charge is 0.477 e. The lowest BCUT2D eigenvalue weighted by atomic mass is 10.2. The monoisotopic (exact) mass is 278 g/mol. The van der Waals surface area contributed by atoms with Crippen molar-refractivity contribution < 1.29 is 23.4 Å². The van der Waals surface area contributed by atoms with Crippen LogP contribution >= 0.6 is 22.9 Å². The lowest BCUT2D eigenvalue weighted by Crippen LogP contribution is -2.02. The molecule has 0 spiro atoms. The number of fused-ring (bicyclic) bond motifs is 1. The Kier molecular flexibility index (Phi) is 3.17. The lowest BCUT2D eigenvalue weighted by molar-refractivity contribution is -0.0487. The van der Waals surface area contributed by atoms with Crippen molar-refractivity contribution in [3.05, 3.63) is 28.1 Å². The van der Waals surface area contributed by atoms with Gasteiger partial charge in [-0.15, -0.1) is 11.3 Å². The summed E-state index contributed by atoms with van der Waals surface area (Å²) in [6.45, 7) is -2.98. The van der Waals surface area contributed by atoms with E-state index in [2.05, 4.69) is 4.74 Å². The fraction of sp³-hybridized carbons (Fsp3) is 0.100. The molecule has 1 aromatic heterocycles. The highest BCUT2D eigenvalue weighted by atomic mass is 35.5. The Bertz CT molecular complexity index is 582. The van der Waals surface area contributed by atoms with Crippen LogP contribution in [-0.2, 0) is 0 Å². The van der Waals surface area contributed by atoms with Gasteiger partial charge in [0, 0.05) is 4.70 Å². The second-order valence-electron chi connectivity index (χ2n) is 3.06. The van der Waals surface area contributed by atoms with Gasteiger partial charge >= 0.3 is 12.6 Å². The van der Waals surface area contributed by atoms with Crippen LogP contribution in [0.25, 0.3) is 10.1 Å². The molecule has 1 heterocycles. The van der Waals surface area contributed by atoms with Crippen LogP contribution in [-0.4, -0.2) is 17.7 Å². The second kappa shape index (κ2) is 4.46. The molecule has 3 nitrogen and oxygen atoms in total. The van der Waals surface area contributed by atoms with E-state index in [1.54, 1.807) is 6.07 Å². The number of aromatic carboxylic acids is 1. The zero-order valence-electron chi connectivity index (χ0n) is 8.12. The van der Waals surface area contributed by atoms with Gasteiger partial charge in [0.2, 0.25) is 0 Å². The molecule has 0 aliphatic carbocycles. The van der Waals surface area contributed by atoms with Crippen molar-refractivity contribution in [2.45, 2.75) is 6.61 Å². The van der Waals surface area contributed by atoms with Crippen molar-refractivity contribution >= 4 is 39.0 Å². The molecular formula is C10H5ClF2O3S. The lowest BCUT2D eigenvalue weighted by Gasteiger charge is -2.05. The van der Waals surface area contributed by atoms with Crippen LogP contribution < -0.4 is 4.74 Å². The van der Waals surface area contributed by atoms with Gasteiger partial charge < -0.3 is 9.84 Å². The Morgan fingerprint density at radius 3 is 2.76 bits per heavy atom. The second-order valence-corrected chi connectivity index (χ2v) is 4.49. The summed E-state index contributed by atoms with van der Waals surface area (Å²) in [5.41, 5.74) is 0. The molecule has 0 saturated heterocycles. The minimum absolute atomic E-state index is 0.0752. The molecule has 2 rings (SSSR count). The highest BCUT2D eigenvalue weighted by molar-refractivity contribution is 7.21. The molecule has 0 bridgehead atoms. The van der Waals surface area contributed by atoms with E-state index in [0.29, 0.717) is 4.70 Å². The van der Waals surface area contributed by atoms with E-state index in [0.717, 1.165) is 11.3 Å². The third-order valence-electron chi connectivity index (χ3n) is 2.03. The number of thiophene rings is 1. The van der Waals surface area contributed by atoms with Gasteiger partial charge in [-0.05, 0) is 12.1 Å². The Morgan fingerprint density at radius 2 is 2.18 bits per heavy atom. The fourth-order valence-electron chi connectivity index (χ4n) is 1.41. The SMILES string of the molecule is O=C(O)c1sc2cccc(OC(F)F)c2c1Cl. The van der Waals surface area contributed by atoms with Crippen LogP contribution in [0.4, 0.5) is 8.78 Å². The minimum atomic E-state index is -2.98. The highest BCUT2D eigenvalue weighted by Gasteiger charge is 2.20. The molecule has 0 unspecified atom stereocenters. The van der Waals surface area contributed by atoms with Crippen LogP contribution in [0, 0.1) is 0 Å². The van der Waals surface area contributed by atoms with Gasteiger partial charge in [-0.3, -0.25) is 0 Å². The van der Waals surface area contributed by atoms with Crippen molar-refractivity contribution in [1.82, 2.24) is 0 Å². The first-order valence-electron chi connectivity index (χ1n) is 4.40. The van der Waals surface area contributed by atoms with Crippen molar-refractivity contribution in [2.24, 2.45) is 0 Å². The van der Waals surface area contributed by atoms with E-state index in [4.69, 9.17) is 16.7 Å². The van der Waals surface area contributed by atoms with E-state index < -0.39 is 12.6 Å². The smallest absolute Gasteiger partial charge is 0.387 e. The third kappa shape index (κ3) is 2.18. The number of hydrogen-bond donors (Lipinski definition) is 1. The van der Waals surface area contributed by atoms with E-state index in [9.17, 15) is 13.6 Å². The molecule has 7 heteroatoms. The first-order valence-corrected chi connectivity index (χ1v) is 5.59. The van der Waals surface area contributed by atoms with Gasteiger partial charge in [0.15, 0.2) is 0 Å². The van der Waals surface area contributed by atoms with Crippen LogP contribution in [0.1, 0.15) is 9.67 Å². The van der Waals surface area contributed by atoms with Crippen molar-refractivity contribution in [2.75, 3.05) is 0 Å². The number of halogens is 3. The van der Waals surface area contributed by atoms with Crippen LogP contribution in [0.15, 0.2) is 18.2 Å². The predicted octanol–water partition coefficient (Wildman–Crippen LogP) is 3.85. The molecule has 0 radical (unpaired) electrons. The van der Waals surface area contributed by atoms with Crippen LogP contribution in [0.5, 0.6) is 5.75 Å². The molecule has 0 fully saturated rings. The number of carbonyl (C=O) groups is 1. The maximum absolute atomic E-state index is 12.2. The van der Waals surface area contributed by atoms with Gasteiger partial charge in [0.25, 0.3) is 0 Å². The summed E-state index contributed by atoms with van der Waals surface area (Å²) in [5.74, 6) is -1.31. The maximum Gasteiger partial charge on any atom is 0.387 e. The number of ether oxygens (including phenoxy) is 1. The molecule has 0 aliphatic heterocycles. The van der Waals surface area contributed by atoms with Gasteiger partial charge in [0.05, 0.1) is 10.4 Å². The van der Waals surface area contributed by atoms with Crippen LogP contribution in [0.2, 0.25) is 5.02 Å². The first kappa shape index (κ1) is 12.1. The quantitative estimate of drug-likeness (QED) is 0.927. The third-order valence-corrected chi connectivity index (χ3v) is 3.66. The summed E-state index contributed by atoms with van der Waals surface area (Å²) in [4.78, 5) is 10.8. The van der Waals surface area contributed by atoms with E-state index in [-0.39, 0.29) is 21.0 Å². The molecule has 0 saturated carbocycles. The van der Waals surface area contributed by atoms with Crippen molar-refractivity contribution in [1.29, 1.82) is 0 Å². The summed E-state index contributed by atoms with van der Waals surface area (Å²) < 4.78 is 29.1.